The number of hydrogen-bond donors (Lipinski definition) is 1. The summed E-state index contributed by atoms with van der Waals surface area (Å²) in [6, 6.07) is 10.2. The molecule has 0 unspecified atom stereocenters. The number of aliphatic imine (C=N–C) groups is 1. The van der Waals surface area contributed by atoms with Gasteiger partial charge in [-0.05, 0) is 30.4 Å². The molecular weight excluding hydrogens is 260 g/mol. The molecule has 4 heteroatoms. The largest absolute Gasteiger partial charge is 0.370 e. The highest BCUT2D eigenvalue weighted by molar-refractivity contribution is 5.82. The Morgan fingerprint density at radius 2 is 2.05 bits per heavy atom. The fourth-order valence-electron chi connectivity index (χ4n) is 2.80. The van der Waals surface area contributed by atoms with E-state index in [1.54, 1.807) is 0 Å². The smallest absolute Gasteiger partial charge is 0.191 e. The first-order chi connectivity index (χ1) is 10.2. The Labute approximate surface area is 125 Å². The van der Waals surface area contributed by atoms with Gasteiger partial charge in [-0.2, -0.15) is 0 Å². The van der Waals surface area contributed by atoms with Gasteiger partial charge in [0.2, 0.25) is 0 Å². The third kappa shape index (κ3) is 3.15. The predicted octanol–water partition coefficient (Wildman–Crippen LogP) is 2.78. The van der Waals surface area contributed by atoms with Crippen molar-refractivity contribution in [2.24, 2.45) is 16.6 Å². The predicted molar refractivity (Wildman–Crippen MR) is 87.0 cm³/mol. The van der Waals surface area contributed by atoms with Gasteiger partial charge in [0.1, 0.15) is 0 Å². The number of aromatic nitrogens is 1. The van der Waals surface area contributed by atoms with Crippen LogP contribution in [0.2, 0.25) is 0 Å². The number of likely N-dealkylation sites (tertiary alicyclic amines) is 1. The maximum Gasteiger partial charge on any atom is 0.191 e. The number of nitrogens with two attached hydrogens (primary N) is 1. The average Bonchev–Trinajstić information content (AvgIpc) is 2.53. The lowest BCUT2D eigenvalue weighted by Crippen LogP contribution is -2.42. The minimum Gasteiger partial charge on any atom is -0.370 e. The average molecular weight is 282 g/mol. The summed E-state index contributed by atoms with van der Waals surface area (Å²) in [4.78, 5) is 11.2. The van der Waals surface area contributed by atoms with E-state index in [9.17, 15) is 0 Å². The topological polar surface area (TPSA) is 54.5 Å². The second kappa shape index (κ2) is 6.12. The van der Waals surface area contributed by atoms with Crippen molar-refractivity contribution in [1.82, 2.24) is 9.88 Å². The number of hydrogen-bond acceptors (Lipinski definition) is 2. The third-order valence-corrected chi connectivity index (χ3v) is 4.24. The minimum absolute atomic E-state index is 0.590. The lowest BCUT2D eigenvalue weighted by atomic mass is 10.00. The molecule has 1 aromatic carbocycles. The molecule has 21 heavy (non-hydrogen) atoms. The van der Waals surface area contributed by atoms with Crippen molar-refractivity contribution in [3.05, 3.63) is 42.1 Å². The fraction of sp³-hybridized carbons (Fsp3) is 0.412. The zero-order valence-electron chi connectivity index (χ0n) is 12.5. The second-order valence-corrected chi connectivity index (χ2v) is 5.84. The van der Waals surface area contributed by atoms with Crippen molar-refractivity contribution in [2.75, 3.05) is 13.1 Å². The van der Waals surface area contributed by atoms with Crippen molar-refractivity contribution in [1.29, 1.82) is 0 Å². The van der Waals surface area contributed by atoms with E-state index in [1.807, 2.05) is 18.3 Å². The highest BCUT2D eigenvalue weighted by Crippen LogP contribution is 2.18. The maximum absolute atomic E-state index is 6.14. The van der Waals surface area contributed by atoms with Crippen molar-refractivity contribution in [2.45, 2.75) is 26.3 Å². The van der Waals surface area contributed by atoms with Gasteiger partial charge < -0.3 is 10.6 Å². The molecule has 2 N–H and O–H groups in total. The van der Waals surface area contributed by atoms with Crippen LogP contribution < -0.4 is 5.73 Å². The molecule has 0 aliphatic carbocycles. The molecule has 110 valence electrons. The highest BCUT2D eigenvalue weighted by atomic mass is 15.3. The van der Waals surface area contributed by atoms with Gasteiger partial charge in [-0.25, -0.2) is 4.99 Å². The Balaban J connectivity index is 1.75. The molecule has 1 aliphatic rings. The first kappa shape index (κ1) is 13.9. The van der Waals surface area contributed by atoms with E-state index >= 15 is 0 Å². The Morgan fingerprint density at radius 3 is 2.86 bits per heavy atom. The molecule has 1 fully saturated rings. The lowest BCUT2D eigenvalue weighted by molar-refractivity contribution is 0.277. The lowest BCUT2D eigenvalue weighted by Gasteiger charge is -2.31. The van der Waals surface area contributed by atoms with Gasteiger partial charge in [0.15, 0.2) is 5.96 Å². The van der Waals surface area contributed by atoms with Crippen LogP contribution in [0.4, 0.5) is 0 Å². The summed E-state index contributed by atoms with van der Waals surface area (Å²) < 4.78 is 0. The number of benzene rings is 1. The summed E-state index contributed by atoms with van der Waals surface area (Å²) in [5.74, 6) is 1.46. The number of fused-ring (bicyclic) bond motifs is 1. The zero-order chi connectivity index (χ0) is 14.7. The van der Waals surface area contributed by atoms with Crippen LogP contribution in [0.1, 0.15) is 25.3 Å². The summed E-state index contributed by atoms with van der Waals surface area (Å²) in [6.07, 6.45) is 4.23. The molecule has 2 heterocycles. The van der Waals surface area contributed by atoms with Gasteiger partial charge >= 0.3 is 0 Å². The molecule has 1 saturated heterocycles. The highest BCUT2D eigenvalue weighted by Gasteiger charge is 2.16. The van der Waals surface area contributed by atoms with Crippen molar-refractivity contribution in [3.63, 3.8) is 0 Å². The first-order valence-corrected chi connectivity index (χ1v) is 7.61. The van der Waals surface area contributed by atoms with Crippen LogP contribution in [0.25, 0.3) is 10.9 Å². The fourth-order valence-corrected chi connectivity index (χ4v) is 2.80. The Hall–Kier alpha value is -2.10. The zero-order valence-corrected chi connectivity index (χ0v) is 12.5. The van der Waals surface area contributed by atoms with E-state index in [2.05, 4.69) is 40.0 Å². The molecule has 0 amide bonds. The van der Waals surface area contributed by atoms with E-state index in [0.717, 1.165) is 35.5 Å². The van der Waals surface area contributed by atoms with E-state index < -0.39 is 0 Å². The van der Waals surface area contributed by atoms with Crippen LogP contribution in [-0.2, 0) is 6.54 Å². The van der Waals surface area contributed by atoms with Crippen LogP contribution in [0.5, 0.6) is 0 Å². The van der Waals surface area contributed by atoms with Crippen LogP contribution in [0.3, 0.4) is 0 Å². The van der Waals surface area contributed by atoms with Gasteiger partial charge in [0.05, 0.1) is 12.1 Å². The number of guanidine groups is 1. The molecule has 1 aliphatic heterocycles. The number of nitrogens with zero attached hydrogens (tertiary/aromatic N) is 3. The van der Waals surface area contributed by atoms with E-state index in [4.69, 9.17) is 5.73 Å². The van der Waals surface area contributed by atoms with Gasteiger partial charge in [-0.15, -0.1) is 0 Å². The summed E-state index contributed by atoms with van der Waals surface area (Å²) in [5.41, 5.74) is 8.29. The summed E-state index contributed by atoms with van der Waals surface area (Å²) in [5, 5.41) is 1.15. The molecule has 4 nitrogen and oxygen atoms in total. The standard InChI is InChI=1S/C17H22N4/c1-13-7-10-21(11-8-13)17(18)20-12-15-5-2-4-14-6-3-9-19-16(14)15/h2-6,9,13H,7-8,10-12H2,1H3,(H2,18,20). The van der Waals surface area contributed by atoms with Crippen LogP contribution in [0.15, 0.2) is 41.5 Å². The van der Waals surface area contributed by atoms with E-state index in [1.165, 1.54) is 12.8 Å². The molecule has 0 radical (unpaired) electrons. The molecule has 1 aromatic heterocycles. The van der Waals surface area contributed by atoms with Gasteiger partial charge in [0, 0.05) is 24.7 Å². The Morgan fingerprint density at radius 1 is 1.29 bits per heavy atom. The normalized spacial score (nSPS) is 17.4. The molecule has 3 rings (SSSR count). The van der Waals surface area contributed by atoms with Crippen molar-refractivity contribution in [3.8, 4) is 0 Å². The Kier molecular flexibility index (Phi) is 4.04. The Bertz CT molecular complexity index is 637. The van der Waals surface area contributed by atoms with Crippen LogP contribution in [0, 0.1) is 5.92 Å². The summed E-state index contributed by atoms with van der Waals surface area (Å²) in [6.45, 7) is 4.92. The van der Waals surface area contributed by atoms with E-state index in [-0.39, 0.29) is 0 Å². The van der Waals surface area contributed by atoms with Gasteiger partial charge in [0.25, 0.3) is 0 Å². The molecule has 0 atom stereocenters. The third-order valence-electron chi connectivity index (χ3n) is 4.24. The molecular formula is C17H22N4. The SMILES string of the molecule is CC1CCN(C(N)=NCc2cccc3cccnc23)CC1. The summed E-state index contributed by atoms with van der Waals surface area (Å²) >= 11 is 0. The van der Waals surface area contributed by atoms with Gasteiger partial charge in [-0.1, -0.05) is 31.2 Å². The van der Waals surface area contributed by atoms with Crippen LogP contribution >= 0.6 is 0 Å². The number of rotatable bonds is 2. The number of piperidine rings is 1. The minimum atomic E-state index is 0.590. The molecule has 0 saturated carbocycles. The van der Waals surface area contributed by atoms with Crippen molar-refractivity contribution < 1.29 is 0 Å². The van der Waals surface area contributed by atoms with Crippen molar-refractivity contribution >= 4 is 16.9 Å². The van der Waals surface area contributed by atoms with E-state index in [0.29, 0.717) is 12.5 Å². The molecule has 0 bridgehead atoms. The monoisotopic (exact) mass is 282 g/mol. The summed E-state index contributed by atoms with van der Waals surface area (Å²) in [7, 11) is 0. The second-order valence-electron chi connectivity index (χ2n) is 5.84. The molecule has 2 aromatic rings. The number of para-hydroxylation sites is 1. The van der Waals surface area contributed by atoms with Crippen LogP contribution in [-0.4, -0.2) is 28.9 Å². The number of pyridine rings is 1. The first-order valence-electron chi connectivity index (χ1n) is 7.61. The maximum atomic E-state index is 6.14. The molecule has 0 spiro atoms. The quantitative estimate of drug-likeness (QED) is 0.680. The van der Waals surface area contributed by atoms with Gasteiger partial charge in [-0.3, -0.25) is 4.98 Å².